The van der Waals surface area contributed by atoms with Crippen LogP contribution in [0.15, 0.2) is 18.2 Å². The highest BCUT2D eigenvalue weighted by Gasteiger charge is 2.34. The normalized spacial score (nSPS) is 15.3. The summed E-state index contributed by atoms with van der Waals surface area (Å²) in [4.78, 5) is 0. The molecule has 132 valence electrons. The summed E-state index contributed by atoms with van der Waals surface area (Å²) in [5.41, 5.74) is 2.76. The van der Waals surface area contributed by atoms with E-state index < -0.39 is 8.56 Å². The molecule has 1 rings (SSSR count). The molecule has 4 heteroatoms. The molecule has 0 radical (unpaired) electrons. The summed E-state index contributed by atoms with van der Waals surface area (Å²) >= 11 is 4.32. The van der Waals surface area contributed by atoms with Gasteiger partial charge in [-0.15, -0.1) is 0 Å². The van der Waals surface area contributed by atoms with Crippen molar-refractivity contribution in [2.45, 2.75) is 71.4 Å². The molecule has 0 amide bonds. The van der Waals surface area contributed by atoms with Gasteiger partial charge in [0.2, 0.25) is 0 Å². The van der Waals surface area contributed by atoms with E-state index in [1.807, 2.05) is 0 Å². The van der Waals surface area contributed by atoms with Gasteiger partial charge in [0.1, 0.15) is 5.75 Å². The summed E-state index contributed by atoms with van der Waals surface area (Å²) < 4.78 is 12.3. The Kier molecular flexibility index (Phi) is 6.82. The first-order valence-corrected chi connectivity index (χ1v) is 11.6. The molecule has 1 aromatic carbocycles. The molecular weight excluding hydrogens is 320 g/mol. The lowest BCUT2D eigenvalue weighted by Crippen LogP contribution is -2.41. The van der Waals surface area contributed by atoms with E-state index in [0.29, 0.717) is 0 Å². The van der Waals surface area contributed by atoms with Crippen molar-refractivity contribution in [3.05, 3.63) is 29.3 Å². The van der Waals surface area contributed by atoms with Crippen molar-refractivity contribution in [2.75, 3.05) is 12.9 Å². The molecule has 1 aromatic rings. The average Bonchev–Trinajstić information content (AvgIpc) is 2.43. The van der Waals surface area contributed by atoms with Gasteiger partial charge in [-0.25, -0.2) is 0 Å². The van der Waals surface area contributed by atoms with Crippen LogP contribution in [-0.4, -0.2) is 21.4 Å². The third-order valence-corrected chi connectivity index (χ3v) is 7.29. The van der Waals surface area contributed by atoms with Gasteiger partial charge in [0.25, 0.3) is 0 Å². The molecule has 1 unspecified atom stereocenters. The van der Waals surface area contributed by atoms with Crippen molar-refractivity contribution < 1.29 is 8.85 Å². The molecular formula is C19H34O2SSi. The van der Waals surface area contributed by atoms with Crippen LogP contribution in [0.4, 0.5) is 0 Å². The van der Waals surface area contributed by atoms with E-state index in [4.69, 9.17) is 8.85 Å². The maximum Gasteiger partial charge on any atom is 0.395 e. The summed E-state index contributed by atoms with van der Waals surface area (Å²) in [7, 11) is -0.439. The zero-order valence-electron chi connectivity index (χ0n) is 16.1. The zero-order valence-corrected chi connectivity index (χ0v) is 18.0. The van der Waals surface area contributed by atoms with Gasteiger partial charge in [0, 0.05) is 13.2 Å². The second-order valence-electron chi connectivity index (χ2n) is 8.48. The second-order valence-corrected chi connectivity index (χ2v) is 12.3. The van der Waals surface area contributed by atoms with Crippen LogP contribution in [0, 0.1) is 0 Å². The summed E-state index contributed by atoms with van der Waals surface area (Å²) in [5.74, 6) is 1.84. The SMILES string of the molecule is CO[Si](C)(CCCS)Oc1ccc(C(C)(C)C)cc1C(C)(C)C. The first-order valence-electron chi connectivity index (χ1n) is 8.43. The summed E-state index contributed by atoms with van der Waals surface area (Å²) in [6.07, 6.45) is 1.02. The van der Waals surface area contributed by atoms with E-state index in [9.17, 15) is 0 Å². The number of hydrogen-bond acceptors (Lipinski definition) is 3. The molecule has 23 heavy (non-hydrogen) atoms. The lowest BCUT2D eigenvalue weighted by Gasteiger charge is -2.32. The van der Waals surface area contributed by atoms with Crippen LogP contribution in [0.2, 0.25) is 12.6 Å². The topological polar surface area (TPSA) is 18.5 Å². The molecule has 0 saturated heterocycles. The second kappa shape index (κ2) is 7.62. The maximum atomic E-state index is 6.46. The Hall–Kier alpha value is -0.453. The molecule has 0 saturated carbocycles. The Morgan fingerprint density at radius 3 is 2.09 bits per heavy atom. The summed E-state index contributed by atoms with van der Waals surface area (Å²) in [6, 6.07) is 7.58. The Labute approximate surface area is 149 Å². The molecule has 0 aliphatic carbocycles. The maximum absolute atomic E-state index is 6.46. The predicted molar refractivity (Wildman–Crippen MR) is 106 cm³/mol. The number of rotatable bonds is 6. The fraction of sp³-hybridized carbons (Fsp3) is 0.684. The lowest BCUT2D eigenvalue weighted by atomic mass is 9.80. The fourth-order valence-corrected chi connectivity index (χ4v) is 4.81. The molecule has 0 bridgehead atoms. The smallest absolute Gasteiger partial charge is 0.395 e. The van der Waals surface area contributed by atoms with Crippen molar-refractivity contribution in [1.29, 1.82) is 0 Å². The van der Waals surface area contributed by atoms with Gasteiger partial charge >= 0.3 is 8.56 Å². The Morgan fingerprint density at radius 2 is 1.65 bits per heavy atom. The van der Waals surface area contributed by atoms with Gasteiger partial charge < -0.3 is 8.85 Å². The van der Waals surface area contributed by atoms with Crippen LogP contribution in [0.3, 0.4) is 0 Å². The van der Waals surface area contributed by atoms with Crippen LogP contribution in [-0.2, 0) is 15.3 Å². The quantitative estimate of drug-likeness (QED) is 0.522. The van der Waals surface area contributed by atoms with Crippen LogP contribution < -0.4 is 4.43 Å². The molecule has 0 fully saturated rings. The molecule has 0 aromatic heterocycles. The van der Waals surface area contributed by atoms with E-state index in [2.05, 4.69) is 78.9 Å². The van der Waals surface area contributed by atoms with Gasteiger partial charge in [-0.1, -0.05) is 53.7 Å². The summed E-state index contributed by atoms with van der Waals surface area (Å²) in [5, 5.41) is 0. The first kappa shape index (κ1) is 20.6. The third-order valence-electron chi connectivity index (χ3n) is 4.20. The van der Waals surface area contributed by atoms with Crippen LogP contribution in [0.5, 0.6) is 5.75 Å². The monoisotopic (exact) mass is 354 g/mol. The minimum Gasteiger partial charge on any atom is -0.520 e. The van der Waals surface area contributed by atoms with Gasteiger partial charge in [0.15, 0.2) is 0 Å². The highest BCUT2D eigenvalue weighted by atomic mass is 32.1. The zero-order chi connectivity index (χ0) is 17.9. The van der Waals surface area contributed by atoms with Crippen LogP contribution in [0.1, 0.15) is 59.1 Å². The highest BCUT2D eigenvalue weighted by molar-refractivity contribution is 7.80. The van der Waals surface area contributed by atoms with Crippen molar-refractivity contribution in [1.82, 2.24) is 0 Å². The van der Waals surface area contributed by atoms with E-state index in [1.165, 1.54) is 11.1 Å². The molecule has 0 N–H and O–H groups in total. The fourth-order valence-electron chi connectivity index (χ4n) is 2.50. The average molecular weight is 355 g/mol. The van der Waals surface area contributed by atoms with Crippen LogP contribution in [0.25, 0.3) is 0 Å². The number of hydrogen-bond donors (Lipinski definition) is 1. The van der Waals surface area contributed by atoms with Crippen LogP contribution >= 0.6 is 12.6 Å². The Morgan fingerprint density at radius 1 is 1.04 bits per heavy atom. The highest BCUT2D eigenvalue weighted by Crippen LogP contribution is 2.37. The Balaban J connectivity index is 3.25. The van der Waals surface area contributed by atoms with E-state index in [-0.39, 0.29) is 10.8 Å². The van der Waals surface area contributed by atoms with Gasteiger partial charge in [-0.2, -0.15) is 12.6 Å². The van der Waals surface area contributed by atoms with Crippen molar-refractivity contribution in [3.8, 4) is 5.75 Å². The largest absolute Gasteiger partial charge is 0.520 e. The number of benzene rings is 1. The lowest BCUT2D eigenvalue weighted by molar-refractivity contribution is 0.301. The first-order chi connectivity index (χ1) is 10.4. The van der Waals surface area contributed by atoms with Crippen molar-refractivity contribution in [3.63, 3.8) is 0 Å². The molecule has 0 heterocycles. The van der Waals surface area contributed by atoms with E-state index >= 15 is 0 Å². The predicted octanol–water partition coefficient (Wildman–Crippen LogP) is 5.70. The minimum absolute atomic E-state index is 0.0309. The number of thiol groups is 1. The van der Waals surface area contributed by atoms with E-state index in [0.717, 1.165) is 24.0 Å². The van der Waals surface area contributed by atoms with Crippen molar-refractivity contribution >= 4 is 21.2 Å². The third kappa shape index (κ3) is 5.84. The van der Waals surface area contributed by atoms with E-state index in [1.54, 1.807) is 7.11 Å². The molecule has 1 atom stereocenters. The molecule has 0 spiro atoms. The summed E-state index contributed by atoms with van der Waals surface area (Å²) in [6.45, 7) is 15.6. The van der Waals surface area contributed by atoms with Gasteiger partial charge in [-0.3, -0.25) is 0 Å². The Bertz CT molecular complexity index is 517. The van der Waals surface area contributed by atoms with Crippen molar-refractivity contribution in [2.24, 2.45) is 0 Å². The van der Waals surface area contributed by atoms with Gasteiger partial charge in [0.05, 0.1) is 0 Å². The molecule has 0 aliphatic heterocycles. The molecule has 0 aliphatic rings. The van der Waals surface area contributed by atoms with Gasteiger partial charge in [-0.05, 0) is 46.7 Å². The molecule has 2 nitrogen and oxygen atoms in total. The standard InChI is InChI=1S/C19H34O2SSi/c1-18(2,3)15-10-11-17(16(14-15)19(4,5)6)21-23(8,20-7)13-9-12-22/h10-11,14,22H,9,12-13H2,1-8H3. The minimum atomic E-state index is -2.21.